The summed E-state index contributed by atoms with van der Waals surface area (Å²) in [6.45, 7) is 4.13. The first-order valence-corrected chi connectivity index (χ1v) is 9.13. The number of benzene rings is 1. The lowest BCUT2D eigenvalue weighted by molar-refractivity contribution is 0.0949. The smallest absolute Gasteiger partial charge is 0.270 e. The zero-order valence-electron chi connectivity index (χ0n) is 16.6. The molecule has 0 fully saturated rings. The molecule has 27 heavy (non-hydrogen) atoms. The minimum absolute atomic E-state index is 0.189. The van der Waals surface area contributed by atoms with E-state index in [1.165, 1.54) is 0 Å². The van der Waals surface area contributed by atoms with Crippen molar-refractivity contribution in [1.82, 2.24) is 20.2 Å². The Kier molecular flexibility index (Phi) is 8.00. The summed E-state index contributed by atoms with van der Waals surface area (Å²) < 4.78 is 5.15. The SMILES string of the molecule is COc1ccc(CCNC(=O)c2cc(NCCCN(C)C)nc(C)n2)cc1. The largest absolute Gasteiger partial charge is 0.497 e. The van der Waals surface area contributed by atoms with E-state index in [9.17, 15) is 4.79 Å². The van der Waals surface area contributed by atoms with E-state index in [2.05, 4.69) is 25.5 Å². The third kappa shape index (κ3) is 7.22. The van der Waals surface area contributed by atoms with Gasteiger partial charge in [-0.3, -0.25) is 4.79 Å². The molecule has 0 aliphatic heterocycles. The number of nitrogens with one attached hydrogen (secondary N) is 2. The van der Waals surface area contributed by atoms with E-state index in [4.69, 9.17) is 4.74 Å². The van der Waals surface area contributed by atoms with Gasteiger partial charge in [0.15, 0.2) is 0 Å². The predicted octanol–water partition coefficient (Wildman–Crippen LogP) is 2.13. The van der Waals surface area contributed by atoms with Gasteiger partial charge >= 0.3 is 0 Å². The summed E-state index contributed by atoms with van der Waals surface area (Å²) >= 11 is 0. The Labute approximate surface area is 161 Å². The fourth-order valence-corrected chi connectivity index (χ4v) is 2.59. The van der Waals surface area contributed by atoms with Gasteiger partial charge < -0.3 is 20.3 Å². The molecule has 0 spiro atoms. The maximum Gasteiger partial charge on any atom is 0.270 e. The van der Waals surface area contributed by atoms with E-state index in [1.807, 2.05) is 38.4 Å². The number of nitrogens with zero attached hydrogens (tertiary/aromatic N) is 3. The Morgan fingerprint density at radius 2 is 1.89 bits per heavy atom. The molecule has 1 heterocycles. The van der Waals surface area contributed by atoms with Crippen molar-refractivity contribution < 1.29 is 9.53 Å². The predicted molar refractivity (Wildman–Crippen MR) is 107 cm³/mol. The molecule has 0 saturated carbocycles. The maximum atomic E-state index is 12.4. The molecule has 2 N–H and O–H groups in total. The van der Waals surface area contributed by atoms with Crippen LogP contribution in [0.5, 0.6) is 5.75 Å². The van der Waals surface area contributed by atoms with Gasteiger partial charge in [-0.05, 0) is 58.1 Å². The summed E-state index contributed by atoms with van der Waals surface area (Å²) in [5.74, 6) is 1.89. The van der Waals surface area contributed by atoms with Crippen molar-refractivity contribution in [2.75, 3.05) is 46.2 Å². The molecule has 7 nitrogen and oxygen atoms in total. The molecule has 1 aromatic heterocycles. The van der Waals surface area contributed by atoms with E-state index >= 15 is 0 Å². The lowest BCUT2D eigenvalue weighted by Gasteiger charge is -2.11. The number of carbonyl (C=O) groups excluding carboxylic acids is 1. The number of hydrogen-bond donors (Lipinski definition) is 2. The average Bonchev–Trinajstić information content (AvgIpc) is 2.65. The normalized spacial score (nSPS) is 10.7. The van der Waals surface area contributed by atoms with Crippen LogP contribution in [0.15, 0.2) is 30.3 Å². The number of hydrogen-bond acceptors (Lipinski definition) is 6. The number of aryl methyl sites for hydroxylation is 1. The van der Waals surface area contributed by atoms with Crippen LogP contribution in [0, 0.1) is 6.92 Å². The highest BCUT2D eigenvalue weighted by Gasteiger charge is 2.10. The molecule has 0 saturated heterocycles. The topological polar surface area (TPSA) is 79.4 Å². The van der Waals surface area contributed by atoms with Gasteiger partial charge in [-0.15, -0.1) is 0 Å². The van der Waals surface area contributed by atoms with Crippen molar-refractivity contribution in [1.29, 1.82) is 0 Å². The fourth-order valence-electron chi connectivity index (χ4n) is 2.59. The van der Waals surface area contributed by atoms with Gasteiger partial charge in [0.25, 0.3) is 5.91 Å². The molecule has 1 aromatic carbocycles. The summed E-state index contributed by atoms with van der Waals surface area (Å²) in [7, 11) is 5.73. The molecule has 0 radical (unpaired) electrons. The molecule has 0 aliphatic rings. The minimum atomic E-state index is -0.189. The molecule has 0 unspecified atom stereocenters. The lowest BCUT2D eigenvalue weighted by atomic mass is 10.1. The highest BCUT2D eigenvalue weighted by Crippen LogP contribution is 2.11. The molecular formula is C20H29N5O2. The van der Waals surface area contributed by atoms with Crippen molar-refractivity contribution in [3.8, 4) is 5.75 Å². The second-order valence-electron chi connectivity index (χ2n) is 6.62. The van der Waals surface area contributed by atoms with Gasteiger partial charge in [-0.1, -0.05) is 12.1 Å². The average molecular weight is 371 g/mol. The van der Waals surface area contributed by atoms with Crippen LogP contribution >= 0.6 is 0 Å². The highest BCUT2D eigenvalue weighted by molar-refractivity contribution is 5.92. The fraction of sp³-hybridized carbons (Fsp3) is 0.450. The van der Waals surface area contributed by atoms with E-state index in [1.54, 1.807) is 20.1 Å². The number of aromatic nitrogens is 2. The standard InChI is InChI=1S/C20H29N5O2/c1-15-23-18(14-19(24-15)21-11-5-13-25(2)3)20(26)22-12-10-16-6-8-17(27-4)9-7-16/h6-9,14H,5,10-13H2,1-4H3,(H,22,26)(H,21,23,24). The molecule has 7 heteroatoms. The van der Waals surface area contributed by atoms with Crippen LogP contribution in [0.2, 0.25) is 0 Å². The Morgan fingerprint density at radius 3 is 2.56 bits per heavy atom. The van der Waals surface area contributed by atoms with Gasteiger partial charge in [-0.25, -0.2) is 9.97 Å². The maximum absolute atomic E-state index is 12.4. The number of amides is 1. The first kappa shape index (κ1) is 20.6. The van der Waals surface area contributed by atoms with Crippen LogP contribution in [0.3, 0.4) is 0 Å². The summed E-state index contributed by atoms with van der Waals surface area (Å²) in [6, 6.07) is 9.52. The van der Waals surface area contributed by atoms with Gasteiger partial charge in [0.2, 0.25) is 0 Å². The van der Waals surface area contributed by atoms with Crippen LogP contribution in [-0.4, -0.2) is 61.6 Å². The molecule has 0 atom stereocenters. The second-order valence-corrected chi connectivity index (χ2v) is 6.62. The summed E-state index contributed by atoms with van der Waals surface area (Å²) in [5.41, 5.74) is 1.52. The van der Waals surface area contributed by atoms with Gasteiger partial charge in [0.1, 0.15) is 23.1 Å². The van der Waals surface area contributed by atoms with Crippen molar-refractivity contribution in [3.05, 3.63) is 47.4 Å². The highest BCUT2D eigenvalue weighted by atomic mass is 16.5. The Morgan fingerprint density at radius 1 is 1.15 bits per heavy atom. The molecule has 0 aliphatic carbocycles. The summed E-state index contributed by atoms with van der Waals surface area (Å²) in [6.07, 6.45) is 1.74. The number of carbonyl (C=O) groups is 1. The van der Waals surface area contributed by atoms with E-state index in [0.29, 0.717) is 23.9 Å². The third-order valence-electron chi connectivity index (χ3n) is 4.02. The van der Waals surface area contributed by atoms with Crippen molar-refractivity contribution in [2.24, 2.45) is 0 Å². The van der Waals surface area contributed by atoms with Crippen LogP contribution < -0.4 is 15.4 Å². The first-order chi connectivity index (χ1) is 13.0. The number of methoxy groups -OCH3 is 1. The quantitative estimate of drug-likeness (QED) is 0.623. The molecule has 146 valence electrons. The zero-order valence-corrected chi connectivity index (χ0v) is 16.6. The molecular weight excluding hydrogens is 342 g/mol. The van der Waals surface area contributed by atoms with E-state index < -0.39 is 0 Å². The van der Waals surface area contributed by atoms with Crippen molar-refractivity contribution in [2.45, 2.75) is 19.8 Å². The molecule has 2 rings (SSSR count). The zero-order chi connectivity index (χ0) is 19.6. The third-order valence-corrected chi connectivity index (χ3v) is 4.02. The monoisotopic (exact) mass is 371 g/mol. The van der Waals surface area contributed by atoms with Crippen LogP contribution in [0.4, 0.5) is 5.82 Å². The number of anilines is 1. The van der Waals surface area contributed by atoms with Gasteiger partial charge in [-0.2, -0.15) is 0 Å². The lowest BCUT2D eigenvalue weighted by Crippen LogP contribution is -2.27. The molecule has 2 aromatic rings. The first-order valence-electron chi connectivity index (χ1n) is 9.13. The van der Waals surface area contributed by atoms with Crippen LogP contribution in [0.25, 0.3) is 0 Å². The summed E-state index contributed by atoms with van der Waals surface area (Å²) in [4.78, 5) is 23.1. The van der Waals surface area contributed by atoms with E-state index in [0.717, 1.165) is 37.2 Å². The van der Waals surface area contributed by atoms with E-state index in [-0.39, 0.29) is 5.91 Å². The Bertz CT molecular complexity index is 732. The minimum Gasteiger partial charge on any atom is -0.497 e. The van der Waals surface area contributed by atoms with Crippen molar-refractivity contribution in [3.63, 3.8) is 0 Å². The van der Waals surface area contributed by atoms with Gasteiger partial charge in [0, 0.05) is 19.2 Å². The molecule has 1 amide bonds. The molecule has 0 bridgehead atoms. The second kappa shape index (κ2) is 10.5. The summed E-state index contributed by atoms with van der Waals surface area (Å²) in [5, 5.41) is 6.18. The number of ether oxygens (including phenoxy) is 1. The number of rotatable bonds is 10. The van der Waals surface area contributed by atoms with Crippen LogP contribution in [0.1, 0.15) is 28.3 Å². The Balaban J connectivity index is 1.85. The van der Waals surface area contributed by atoms with Crippen LogP contribution in [-0.2, 0) is 6.42 Å². The Hall–Kier alpha value is -2.67. The van der Waals surface area contributed by atoms with Gasteiger partial charge in [0.05, 0.1) is 7.11 Å². The van der Waals surface area contributed by atoms with Crippen molar-refractivity contribution >= 4 is 11.7 Å².